The summed E-state index contributed by atoms with van der Waals surface area (Å²) in [6, 6.07) is 13.0. The Morgan fingerprint density at radius 3 is 2.62 bits per heavy atom. The number of pyridine rings is 1. The highest BCUT2D eigenvalue weighted by Gasteiger charge is 2.06. The zero-order valence-electron chi connectivity index (χ0n) is 14.7. The number of ether oxygens (including phenoxy) is 2. The number of nitrogens with one attached hydrogen (secondary N) is 1. The summed E-state index contributed by atoms with van der Waals surface area (Å²) in [7, 11) is 0. The molecule has 0 aliphatic rings. The molecule has 3 aromatic rings. The number of amides is 1. The van der Waals surface area contributed by atoms with E-state index in [1.54, 1.807) is 12.1 Å². The molecule has 0 unspecified atom stereocenters. The van der Waals surface area contributed by atoms with Crippen molar-refractivity contribution in [1.29, 1.82) is 0 Å². The summed E-state index contributed by atoms with van der Waals surface area (Å²) in [5, 5.41) is 11.0. The van der Waals surface area contributed by atoms with Gasteiger partial charge in [0.2, 0.25) is 0 Å². The Kier molecular flexibility index (Phi) is 6.03. The minimum atomic E-state index is -0.176. The quantitative estimate of drug-likeness (QED) is 0.638. The lowest BCUT2D eigenvalue weighted by atomic mass is 10.3. The average molecular weight is 354 g/mol. The maximum absolute atomic E-state index is 11.9. The number of carbonyl (C=O) groups excluding carboxylic acids is 1. The van der Waals surface area contributed by atoms with Gasteiger partial charge >= 0.3 is 0 Å². The van der Waals surface area contributed by atoms with Crippen LogP contribution in [0.3, 0.4) is 0 Å². The van der Waals surface area contributed by atoms with E-state index in [1.807, 2.05) is 40.9 Å². The van der Waals surface area contributed by atoms with Crippen LogP contribution in [0.25, 0.3) is 5.65 Å². The Bertz CT molecular complexity index is 845. The Morgan fingerprint density at radius 2 is 1.85 bits per heavy atom. The molecular formula is C19H22N4O3. The van der Waals surface area contributed by atoms with E-state index in [1.165, 1.54) is 0 Å². The zero-order valence-corrected chi connectivity index (χ0v) is 14.7. The van der Waals surface area contributed by atoms with Gasteiger partial charge in [0, 0.05) is 19.2 Å². The summed E-state index contributed by atoms with van der Waals surface area (Å²) in [6.45, 7) is 3.18. The number of nitrogens with zero attached hydrogens (tertiary/aromatic N) is 3. The summed E-state index contributed by atoms with van der Waals surface area (Å²) in [5.74, 6) is 2.06. The highest BCUT2D eigenvalue weighted by atomic mass is 16.5. The minimum absolute atomic E-state index is 0.0320. The van der Waals surface area contributed by atoms with Crippen molar-refractivity contribution < 1.29 is 14.3 Å². The minimum Gasteiger partial charge on any atom is -0.494 e. The van der Waals surface area contributed by atoms with Crippen LogP contribution in [0.4, 0.5) is 0 Å². The molecule has 0 atom stereocenters. The van der Waals surface area contributed by atoms with Crippen LogP contribution < -0.4 is 14.8 Å². The van der Waals surface area contributed by atoms with E-state index >= 15 is 0 Å². The lowest BCUT2D eigenvalue weighted by Gasteiger charge is -2.08. The van der Waals surface area contributed by atoms with Gasteiger partial charge in [0.1, 0.15) is 17.3 Å². The zero-order chi connectivity index (χ0) is 18.2. The van der Waals surface area contributed by atoms with Crippen molar-refractivity contribution in [3.63, 3.8) is 0 Å². The van der Waals surface area contributed by atoms with E-state index in [0.29, 0.717) is 25.3 Å². The lowest BCUT2D eigenvalue weighted by molar-refractivity contribution is -0.123. The number of aromatic nitrogens is 3. The fraction of sp³-hybridized carbons (Fsp3) is 0.316. The fourth-order valence-corrected chi connectivity index (χ4v) is 2.43. The van der Waals surface area contributed by atoms with Crippen LogP contribution in [-0.4, -0.2) is 40.3 Å². The van der Waals surface area contributed by atoms with E-state index in [9.17, 15) is 4.79 Å². The molecule has 0 fully saturated rings. The Hall–Kier alpha value is -3.09. The van der Waals surface area contributed by atoms with Crippen molar-refractivity contribution in [2.45, 2.75) is 19.8 Å². The second-order valence-corrected chi connectivity index (χ2v) is 5.75. The molecule has 7 heteroatoms. The molecule has 3 rings (SSSR count). The molecule has 7 nitrogen and oxygen atoms in total. The van der Waals surface area contributed by atoms with Crippen molar-refractivity contribution in [3.05, 3.63) is 54.5 Å². The third kappa shape index (κ3) is 4.72. The molecule has 0 bridgehead atoms. The van der Waals surface area contributed by atoms with Gasteiger partial charge in [-0.2, -0.15) is 0 Å². The van der Waals surface area contributed by atoms with Crippen LogP contribution in [0.15, 0.2) is 48.7 Å². The number of benzene rings is 1. The molecule has 0 aliphatic carbocycles. The number of fused-ring (bicyclic) bond motifs is 1. The number of carbonyl (C=O) groups is 1. The predicted molar refractivity (Wildman–Crippen MR) is 97.4 cm³/mol. The highest BCUT2D eigenvalue weighted by Crippen LogP contribution is 2.17. The average Bonchev–Trinajstić information content (AvgIpc) is 3.09. The molecule has 136 valence electrons. The van der Waals surface area contributed by atoms with Gasteiger partial charge in [-0.25, -0.2) is 0 Å². The highest BCUT2D eigenvalue weighted by molar-refractivity contribution is 5.77. The van der Waals surface area contributed by atoms with Crippen molar-refractivity contribution in [2.75, 3.05) is 19.8 Å². The molecule has 2 aromatic heterocycles. The van der Waals surface area contributed by atoms with Gasteiger partial charge in [-0.1, -0.05) is 13.0 Å². The SMILES string of the molecule is CCCOc1ccc(OCC(=O)NCCc2nnc3ccccn23)cc1. The maximum Gasteiger partial charge on any atom is 0.257 e. The first-order valence-electron chi connectivity index (χ1n) is 8.67. The summed E-state index contributed by atoms with van der Waals surface area (Å²) < 4.78 is 12.9. The summed E-state index contributed by atoms with van der Waals surface area (Å²) >= 11 is 0. The van der Waals surface area contributed by atoms with Gasteiger partial charge in [0.25, 0.3) is 5.91 Å². The Balaban J connectivity index is 1.40. The van der Waals surface area contributed by atoms with Crippen LogP contribution in [-0.2, 0) is 11.2 Å². The first-order chi connectivity index (χ1) is 12.8. The number of hydrogen-bond acceptors (Lipinski definition) is 5. The van der Waals surface area contributed by atoms with Crippen LogP contribution >= 0.6 is 0 Å². The maximum atomic E-state index is 11.9. The molecule has 26 heavy (non-hydrogen) atoms. The van der Waals surface area contributed by atoms with E-state index in [-0.39, 0.29) is 12.5 Å². The van der Waals surface area contributed by atoms with E-state index < -0.39 is 0 Å². The topological polar surface area (TPSA) is 77.8 Å². The van der Waals surface area contributed by atoms with Crippen LogP contribution in [0.1, 0.15) is 19.2 Å². The lowest BCUT2D eigenvalue weighted by Crippen LogP contribution is -2.30. The van der Waals surface area contributed by atoms with Gasteiger partial charge in [0.05, 0.1) is 6.61 Å². The first kappa shape index (κ1) is 17.7. The van der Waals surface area contributed by atoms with Crippen LogP contribution in [0, 0.1) is 0 Å². The largest absolute Gasteiger partial charge is 0.494 e. The van der Waals surface area contributed by atoms with Gasteiger partial charge in [-0.05, 0) is 42.8 Å². The second kappa shape index (κ2) is 8.84. The third-order valence-electron chi connectivity index (χ3n) is 3.72. The van der Waals surface area contributed by atoms with Gasteiger partial charge < -0.3 is 14.8 Å². The molecule has 0 spiro atoms. The van der Waals surface area contributed by atoms with Gasteiger partial charge in [-0.15, -0.1) is 10.2 Å². The molecule has 0 radical (unpaired) electrons. The van der Waals surface area contributed by atoms with Crippen LogP contribution in [0.5, 0.6) is 11.5 Å². The molecule has 2 heterocycles. The van der Waals surface area contributed by atoms with E-state index in [2.05, 4.69) is 22.4 Å². The molecule has 0 saturated carbocycles. The summed E-state index contributed by atoms with van der Waals surface area (Å²) in [6.07, 6.45) is 3.47. The van der Waals surface area contributed by atoms with E-state index in [4.69, 9.17) is 9.47 Å². The smallest absolute Gasteiger partial charge is 0.257 e. The molecule has 0 aliphatic heterocycles. The van der Waals surface area contributed by atoms with Gasteiger partial charge in [0.15, 0.2) is 12.3 Å². The summed E-state index contributed by atoms with van der Waals surface area (Å²) in [4.78, 5) is 11.9. The standard InChI is InChI=1S/C19H22N4O3/c1-2-13-25-15-6-8-16(9-7-15)26-14-19(24)20-11-10-18-22-21-17-5-3-4-12-23(17)18/h3-9,12H,2,10-11,13-14H2,1H3,(H,20,24). The monoisotopic (exact) mass is 354 g/mol. The molecule has 1 N–H and O–H groups in total. The van der Waals surface area contributed by atoms with Crippen molar-refractivity contribution >= 4 is 11.6 Å². The van der Waals surface area contributed by atoms with Crippen LogP contribution in [0.2, 0.25) is 0 Å². The number of hydrogen-bond donors (Lipinski definition) is 1. The fourth-order valence-electron chi connectivity index (χ4n) is 2.43. The molecule has 1 aromatic carbocycles. The summed E-state index contributed by atoms with van der Waals surface area (Å²) in [5.41, 5.74) is 0.795. The van der Waals surface area contributed by atoms with Crippen molar-refractivity contribution in [2.24, 2.45) is 0 Å². The van der Waals surface area contributed by atoms with Crippen molar-refractivity contribution in [3.8, 4) is 11.5 Å². The van der Waals surface area contributed by atoms with E-state index in [0.717, 1.165) is 23.6 Å². The second-order valence-electron chi connectivity index (χ2n) is 5.75. The Morgan fingerprint density at radius 1 is 1.08 bits per heavy atom. The molecule has 1 amide bonds. The molecular weight excluding hydrogens is 332 g/mol. The Labute approximate surface area is 152 Å². The van der Waals surface area contributed by atoms with Gasteiger partial charge in [-0.3, -0.25) is 9.20 Å². The van der Waals surface area contributed by atoms with Crippen molar-refractivity contribution in [1.82, 2.24) is 19.9 Å². The first-order valence-corrected chi connectivity index (χ1v) is 8.67. The third-order valence-corrected chi connectivity index (χ3v) is 3.72. The normalized spacial score (nSPS) is 10.7. The predicted octanol–water partition coefficient (Wildman–Crippen LogP) is 2.26. The number of rotatable bonds is 9. The molecule has 0 saturated heterocycles.